The van der Waals surface area contributed by atoms with Crippen LogP contribution in [0.5, 0.6) is 0 Å². The second-order valence-corrected chi connectivity index (χ2v) is 6.34. The van der Waals surface area contributed by atoms with Crippen molar-refractivity contribution in [2.24, 2.45) is 0 Å². The molecule has 1 N–H and O–H groups in total. The number of halogens is 2. The predicted molar refractivity (Wildman–Crippen MR) is 83.5 cm³/mol. The van der Waals surface area contributed by atoms with E-state index in [1.165, 1.54) is 38.9 Å². The zero-order valence-corrected chi connectivity index (χ0v) is 13.8. The van der Waals surface area contributed by atoms with Crippen LogP contribution in [0.3, 0.4) is 0 Å². The number of carbonyl (C=O) groups excluding carboxylic acids is 1. The van der Waals surface area contributed by atoms with Gasteiger partial charge in [-0.25, -0.2) is 9.18 Å². The van der Waals surface area contributed by atoms with Gasteiger partial charge in [-0.05, 0) is 46.5 Å². The molecule has 0 amide bonds. The molecule has 1 aliphatic carbocycles. The monoisotopic (exact) mass is 357 g/mol. The maximum Gasteiger partial charge on any atom is 0.327 e. The number of hydrogen-bond acceptors (Lipinski definition) is 3. The smallest absolute Gasteiger partial charge is 0.327 e. The average molecular weight is 358 g/mol. The Morgan fingerprint density at radius 1 is 1.33 bits per heavy atom. The molecule has 0 aliphatic heterocycles. The third kappa shape index (κ3) is 4.51. The first-order chi connectivity index (χ1) is 10.1. The Kier molecular flexibility index (Phi) is 6.18. The van der Waals surface area contributed by atoms with Gasteiger partial charge in [-0.15, -0.1) is 0 Å². The first-order valence-corrected chi connectivity index (χ1v) is 8.20. The molecule has 3 nitrogen and oxygen atoms in total. The van der Waals surface area contributed by atoms with Crippen LogP contribution in [0.25, 0.3) is 0 Å². The lowest BCUT2D eigenvalue weighted by Crippen LogP contribution is -2.37. The van der Waals surface area contributed by atoms with E-state index in [0.29, 0.717) is 10.0 Å². The fourth-order valence-electron chi connectivity index (χ4n) is 2.79. The van der Waals surface area contributed by atoms with Crippen LogP contribution in [-0.2, 0) is 9.53 Å². The van der Waals surface area contributed by atoms with Crippen LogP contribution < -0.4 is 5.32 Å². The van der Waals surface area contributed by atoms with E-state index in [2.05, 4.69) is 21.2 Å². The Labute approximate surface area is 133 Å². The minimum absolute atomic E-state index is 0.281. The molecule has 1 fully saturated rings. The maximum atomic E-state index is 13.7. The van der Waals surface area contributed by atoms with Crippen LogP contribution in [0.15, 0.2) is 22.7 Å². The molecule has 0 spiro atoms. The molecule has 1 aliphatic rings. The van der Waals surface area contributed by atoms with E-state index >= 15 is 0 Å². The molecule has 116 valence electrons. The first-order valence-electron chi connectivity index (χ1n) is 7.40. The van der Waals surface area contributed by atoms with Gasteiger partial charge in [0.05, 0.1) is 11.6 Å². The van der Waals surface area contributed by atoms with Gasteiger partial charge >= 0.3 is 5.97 Å². The highest BCUT2D eigenvalue weighted by molar-refractivity contribution is 9.10. The highest BCUT2D eigenvalue weighted by Crippen LogP contribution is 2.25. The van der Waals surface area contributed by atoms with Crippen molar-refractivity contribution in [2.45, 2.75) is 50.6 Å². The Balaban J connectivity index is 2.17. The number of methoxy groups -OCH3 is 1. The summed E-state index contributed by atoms with van der Waals surface area (Å²) in [6, 6.07) is 4.42. The van der Waals surface area contributed by atoms with Crippen molar-refractivity contribution in [3.8, 4) is 0 Å². The van der Waals surface area contributed by atoms with Crippen LogP contribution in [0, 0.1) is 5.82 Å². The van der Waals surface area contributed by atoms with Crippen molar-refractivity contribution < 1.29 is 13.9 Å². The molecule has 1 atom stereocenters. The fourth-order valence-corrected chi connectivity index (χ4v) is 3.04. The Morgan fingerprint density at radius 2 is 2.00 bits per heavy atom. The van der Waals surface area contributed by atoms with E-state index in [4.69, 9.17) is 4.74 Å². The van der Waals surface area contributed by atoms with Gasteiger partial charge in [0, 0.05) is 6.04 Å². The van der Waals surface area contributed by atoms with Gasteiger partial charge in [0.25, 0.3) is 0 Å². The van der Waals surface area contributed by atoms with Crippen molar-refractivity contribution in [3.05, 3.63) is 34.1 Å². The van der Waals surface area contributed by atoms with E-state index in [-0.39, 0.29) is 17.8 Å². The van der Waals surface area contributed by atoms with Gasteiger partial charge in [0.1, 0.15) is 11.9 Å². The number of hydrogen-bond donors (Lipinski definition) is 1. The van der Waals surface area contributed by atoms with E-state index in [1.807, 2.05) is 0 Å². The van der Waals surface area contributed by atoms with Gasteiger partial charge in [-0.3, -0.25) is 5.32 Å². The molecule has 1 aromatic rings. The number of rotatable bonds is 4. The lowest BCUT2D eigenvalue weighted by Gasteiger charge is -2.23. The lowest BCUT2D eigenvalue weighted by atomic mass is 10.0. The molecule has 0 heterocycles. The molecule has 1 aromatic carbocycles. The van der Waals surface area contributed by atoms with Gasteiger partial charge < -0.3 is 4.74 Å². The van der Waals surface area contributed by atoms with Crippen molar-refractivity contribution in [2.75, 3.05) is 7.11 Å². The third-order valence-electron chi connectivity index (χ3n) is 3.97. The number of carbonyl (C=O) groups is 1. The zero-order valence-electron chi connectivity index (χ0n) is 12.2. The van der Waals surface area contributed by atoms with Crippen molar-refractivity contribution >= 4 is 21.9 Å². The highest BCUT2D eigenvalue weighted by Gasteiger charge is 2.25. The molecule has 1 unspecified atom stereocenters. The maximum absolute atomic E-state index is 13.7. The summed E-state index contributed by atoms with van der Waals surface area (Å²) in [7, 11) is 1.36. The quantitative estimate of drug-likeness (QED) is 0.650. The molecule has 0 radical (unpaired) electrons. The zero-order chi connectivity index (χ0) is 15.2. The highest BCUT2D eigenvalue weighted by atomic mass is 79.9. The van der Waals surface area contributed by atoms with Gasteiger partial charge in [0.15, 0.2) is 0 Å². The summed E-state index contributed by atoms with van der Waals surface area (Å²) in [5.74, 6) is -0.745. The molecule has 1 saturated carbocycles. The molecule has 0 saturated heterocycles. The summed E-state index contributed by atoms with van der Waals surface area (Å²) in [4.78, 5) is 12.0. The molecular weight excluding hydrogens is 337 g/mol. The summed E-state index contributed by atoms with van der Waals surface area (Å²) < 4.78 is 19.0. The average Bonchev–Trinajstić information content (AvgIpc) is 2.75. The number of benzene rings is 1. The second kappa shape index (κ2) is 7.90. The summed E-state index contributed by atoms with van der Waals surface area (Å²) in [5.41, 5.74) is 0.604. The van der Waals surface area contributed by atoms with E-state index in [1.54, 1.807) is 12.1 Å². The third-order valence-corrected chi connectivity index (χ3v) is 4.61. The molecule has 0 bridgehead atoms. The predicted octanol–water partition coefficient (Wildman–Crippen LogP) is 4.11. The largest absolute Gasteiger partial charge is 0.468 e. The first kappa shape index (κ1) is 16.4. The summed E-state index contributed by atoms with van der Waals surface area (Å²) in [5, 5.41) is 3.35. The molecule has 21 heavy (non-hydrogen) atoms. The fraction of sp³-hybridized carbons (Fsp3) is 0.562. The Morgan fingerprint density at radius 3 is 2.57 bits per heavy atom. The van der Waals surface area contributed by atoms with Crippen LogP contribution >= 0.6 is 15.9 Å². The van der Waals surface area contributed by atoms with Gasteiger partial charge in [0.2, 0.25) is 0 Å². The molecule has 0 aromatic heterocycles. The Bertz CT molecular complexity index is 487. The minimum Gasteiger partial charge on any atom is -0.468 e. The normalized spacial score (nSPS) is 18.0. The number of esters is 1. The summed E-state index contributed by atoms with van der Waals surface area (Å²) in [6.45, 7) is 0. The van der Waals surface area contributed by atoms with Crippen molar-refractivity contribution in [1.82, 2.24) is 5.32 Å². The lowest BCUT2D eigenvalue weighted by molar-refractivity contribution is -0.143. The van der Waals surface area contributed by atoms with Crippen molar-refractivity contribution in [3.63, 3.8) is 0 Å². The van der Waals surface area contributed by atoms with Crippen LogP contribution in [0.1, 0.15) is 50.1 Å². The number of ether oxygens (including phenoxy) is 1. The second-order valence-electron chi connectivity index (χ2n) is 5.48. The van der Waals surface area contributed by atoms with Gasteiger partial charge in [-0.2, -0.15) is 0 Å². The topological polar surface area (TPSA) is 38.3 Å². The Hall–Kier alpha value is -0.940. The summed E-state index contributed by atoms with van der Waals surface area (Å²) in [6.07, 6.45) is 6.92. The van der Waals surface area contributed by atoms with E-state index in [9.17, 15) is 9.18 Å². The minimum atomic E-state index is -0.610. The number of nitrogens with one attached hydrogen (secondary N) is 1. The molecule has 2 rings (SSSR count). The standard InChI is InChI=1S/C16H21BrFNO2/c1-21-16(20)15(11-8-9-13(17)14(18)10-11)19-12-6-4-2-3-5-7-12/h8-10,12,15,19H,2-7H2,1H3. The van der Waals surface area contributed by atoms with E-state index < -0.39 is 6.04 Å². The molecular formula is C16H21BrFNO2. The van der Waals surface area contributed by atoms with Crippen molar-refractivity contribution in [1.29, 1.82) is 0 Å². The molecule has 5 heteroatoms. The van der Waals surface area contributed by atoms with Crippen LogP contribution in [0.4, 0.5) is 4.39 Å². The summed E-state index contributed by atoms with van der Waals surface area (Å²) >= 11 is 3.13. The SMILES string of the molecule is COC(=O)C(NC1CCCCCC1)c1ccc(Br)c(F)c1. The van der Waals surface area contributed by atoms with Gasteiger partial charge in [-0.1, -0.05) is 31.7 Å². The van der Waals surface area contributed by atoms with Crippen LogP contribution in [0.2, 0.25) is 0 Å². The van der Waals surface area contributed by atoms with E-state index in [0.717, 1.165) is 12.8 Å². The van der Waals surface area contributed by atoms with Crippen LogP contribution in [-0.4, -0.2) is 19.1 Å².